The molecular weight excluding hydrogens is 395 g/mol. The first-order valence-electron chi connectivity index (χ1n) is 7.77. The molecule has 2 aromatic carbocycles. The van der Waals surface area contributed by atoms with E-state index in [1.165, 1.54) is 0 Å². The van der Waals surface area contributed by atoms with Gasteiger partial charge in [0.2, 0.25) is 0 Å². The summed E-state index contributed by atoms with van der Waals surface area (Å²) < 4.78 is 0. The minimum Gasteiger partial charge on any atom is -0.390 e. The summed E-state index contributed by atoms with van der Waals surface area (Å²) in [6, 6.07) is 12.9. The number of alkyl halides is 1. The fraction of sp³-hybridized carbons (Fsp3) is 0.167. The highest BCUT2D eigenvalue weighted by Gasteiger charge is 2.18. The number of hydrogen-bond acceptors (Lipinski definition) is 5. The second kappa shape index (κ2) is 8.64. The third-order valence-corrected chi connectivity index (χ3v) is 4.54. The van der Waals surface area contributed by atoms with Crippen molar-refractivity contribution >= 4 is 57.7 Å². The normalized spacial score (nSPS) is 14.2. The Hall–Kier alpha value is -1.92. The summed E-state index contributed by atoms with van der Waals surface area (Å²) in [5.74, 6) is 0.642. The van der Waals surface area contributed by atoms with Gasteiger partial charge in [-0.2, -0.15) is 5.10 Å². The van der Waals surface area contributed by atoms with Gasteiger partial charge in [-0.05, 0) is 24.3 Å². The van der Waals surface area contributed by atoms with Crippen LogP contribution in [-0.4, -0.2) is 41.4 Å². The minimum atomic E-state index is -0.232. The van der Waals surface area contributed by atoms with Crippen LogP contribution in [0, 0.1) is 0 Å². The second-order valence-corrected chi connectivity index (χ2v) is 6.56. The number of halogens is 3. The maximum atomic E-state index is 9.17. The quantitative estimate of drug-likeness (QED) is 0.454. The lowest BCUT2D eigenvalue weighted by atomic mass is 10.0. The van der Waals surface area contributed by atoms with Gasteiger partial charge in [0.25, 0.3) is 0 Å². The first-order valence-corrected chi connectivity index (χ1v) is 9.06. The lowest BCUT2D eigenvalue weighted by molar-refractivity contribution is 0.356. The predicted molar refractivity (Wildman–Crippen MR) is 109 cm³/mol. The topological polar surface area (TPSA) is 69.3 Å². The van der Waals surface area contributed by atoms with Crippen molar-refractivity contribution in [2.75, 3.05) is 19.0 Å². The monoisotopic (exact) mass is 408 g/mol. The van der Waals surface area contributed by atoms with Crippen LogP contribution in [0.2, 0.25) is 10.0 Å². The molecule has 0 fully saturated rings. The van der Waals surface area contributed by atoms with Crippen molar-refractivity contribution in [2.45, 2.75) is 0 Å². The number of nitrogens with one attached hydrogen (secondary N) is 1. The fourth-order valence-electron chi connectivity index (χ4n) is 2.41. The Morgan fingerprint density at radius 1 is 1.15 bits per heavy atom. The van der Waals surface area contributed by atoms with Crippen LogP contribution in [0.15, 0.2) is 57.6 Å². The van der Waals surface area contributed by atoms with Crippen LogP contribution in [0.4, 0.5) is 5.69 Å². The summed E-state index contributed by atoms with van der Waals surface area (Å²) in [7, 11) is 0. The average Bonchev–Trinajstić information content (AvgIpc) is 2.82. The third-order valence-electron chi connectivity index (χ3n) is 3.66. The number of nitrogens with zero attached hydrogens (tertiary/aromatic N) is 3. The lowest BCUT2D eigenvalue weighted by Crippen LogP contribution is -2.24. The summed E-state index contributed by atoms with van der Waals surface area (Å²) in [6.45, 7) is 0.0292. The maximum Gasteiger partial charge on any atom is 0.144 e. The standard InChI is InChI=1S/C18H15Cl3N4O/c19-8-12(10-26)24-25-17-9-22-18(13-3-1-2-4-15(13)21)14-7-11(20)5-6-16(14)23-17/h1-7,26H,8-10H2,(H,23,25). The van der Waals surface area contributed by atoms with Crippen molar-refractivity contribution in [3.63, 3.8) is 0 Å². The van der Waals surface area contributed by atoms with Crippen molar-refractivity contribution in [3.05, 3.63) is 63.6 Å². The molecule has 0 aliphatic carbocycles. The van der Waals surface area contributed by atoms with Crippen LogP contribution in [-0.2, 0) is 0 Å². The van der Waals surface area contributed by atoms with E-state index in [1.807, 2.05) is 36.4 Å². The smallest absolute Gasteiger partial charge is 0.144 e. The van der Waals surface area contributed by atoms with Gasteiger partial charge >= 0.3 is 0 Å². The van der Waals surface area contributed by atoms with Crippen molar-refractivity contribution in [1.82, 2.24) is 5.43 Å². The Kier molecular flexibility index (Phi) is 6.27. The summed E-state index contributed by atoms with van der Waals surface area (Å²) in [4.78, 5) is 9.25. The molecule has 26 heavy (non-hydrogen) atoms. The maximum absolute atomic E-state index is 9.17. The van der Waals surface area contributed by atoms with Gasteiger partial charge in [-0.25, -0.2) is 4.99 Å². The number of hydrogen-bond donors (Lipinski definition) is 2. The molecule has 3 rings (SSSR count). The Labute approximate surface area is 166 Å². The van der Waals surface area contributed by atoms with Crippen LogP contribution in [0.25, 0.3) is 0 Å². The van der Waals surface area contributed by atoms with E-state index in [-0.39, 0.29) is 19.0 Å². The molecule has 0 saturated carbocycles. The van der Waals surface area contributed by atoms with E-state index < -0.39 is 0 Å². The van der Waals surface area contributed by atoms with E-state index in [4.69, 9.17) is 39.9 Å². The first-order chi connectivity index (χ1) is 12.6. The number of fused-ring (bicyclic) bond motifs is 1. The SMILES string of the molecule is OCC(CCl)=NNC1=Nc2ccc(Cl)cc2C(c2ccccc2Cl)=NC1. The molecule has 0 aromatic heterocycles. The van der Waals surface area contributed by atoms with Crippen LogP contribution in [0.5, 0.6) is 0 Å². The highest BCUT2D eigenvalue weighted by molar-refractivity contribution is 6.36. The molecule has 0 spiro atoms. The zero-order chi connectivity index (χ0) is 18.5. The number of hydrazone groups is 1. The van der Waals surface area contributed by atoms with Gasteiger partial charge in [0.15, 0.2) is 0 Å². The number of amidine groups is 1. The van der Waals surface area contributed by atoms with E-state index in [0.29, 0.717) is 33.0 Å². The third kappa shape index (κ3) is 4.24. The molecule has 1 heterocycles. The summed E-state index contributed by atoms with van der Waals surface area (Å²) in [6.07, 6.45) is 0. The number of aliphatic imine (C=N–C) groups is 2. The molecule has 8 heteroatoms. The van der Waals surface area contributed by atoms with Gasteiger partial charge in [0.05, 0.1) is 36.1 Å². The highest BCUT2D eigenvalue weighted by Crippen LogP contribution is 2.30. The van der Waals surface area contributed by atoms with Gasteiger partial charge in [0.1, 0.15) is 5.84 Å². The van der Waals surface area contributed by atoms with Crippen LogP contribution < -0.4 is 5.43 Å². The molecule has 1 aliphatic rings. The molecule has 0 radical (unpaired) electrons. The van der Waals surface area contributed by atoms with Crippen molar-refractivity contribution in [1.29, 1.82) is 0 Å². The molecule has 2 N–H and O–H groups in total. The average molecular weight is 410 g/mol. The van der Waals surface area contributed by atoms with Crippen molar-refractivity contribution in [3.8, 4) is 0 Å². The molecular formula is C18H15Cl3N4O. The number of rotatable bonds is 4. The van der Waals surface area contributed by atoms with E-state index in [2.05, 4.69) is 20.5 Å². The van der Waals surface area contributed by atoms with E-state index in [1.54, 1.807) is 6.07 Å². The minimum absolute atomic E-state index is 0.122. The molecule has 0 atom stereocenters. The highest BCUT2D eigenvalue weighted by atomic mass is 35.5. The van der Waals surface area contributed by atoms with E-state index in [9.17, 15) is 0 Å². The Bertz CT molecular complexity index is 903. The molecule has 0 saturated heterocycles. The van der Waals surface area contributed by atoms with Crippen LogP contribution in [0.3, 0.4) is 0 Å². The summed E-state index contributed by atoms with van der Waals surface area (Å²) >= 11 is 18.3. The Morgan fingerprint density at radius 3 is 2.69 bits per heavy atom. The first kappa shape index (κ1) is 18.9. The molecule has 134 valence electrons. The molecule has 0 bridgehead atoms. The Balaban J connectivity index is 2.05. The van der Waals surface area contributed by atoms with Crippen molar-refractivity contribution in [2.24, 2.45) is 15.1 Å². The van der Waals surface area contributed by atoms with Gasteiger partial charge in [-0.15, -0.1) is 11.6 Å². The van der Waals surface area contributed by atoms with Crippen LogP contribution >= 0.6 is 34.8 Å². The van der Waals surface area contributed by atoms with Gasteiger partial charge in [-0.1, -0.05) is 41.4 Å². The lowest BCUT2D eigenvalue weighted by Gasteiger charge is -2.10. The summed E-state index contributed by atoms with van der Waals surface area (Å²) in [5.41, 5.74) is 6.22. The molecule has 0 amide bonds. The van der Waals surface area contributed by atoms with Crippen LogP contribution in [0.1, 0.15) is 11.1 Å². The zero-order valence-corrected chi connectivity index (χ0v) is 15.9. The molecule has 5 nitrogen and oxygen atoms in total. The molecule has 0 unspecified atom stereocenters. The molecule has 1 aliphatic heterocycles. The largest absolute Gasteiger partial charge is 0.390 e. The van der Waals surface area contributed by atoms with Gasteiger partial charge in [-0.3, -0.25) is 10.4 Å². The summed E-state index contributed by atoms with van der Waals surface area (Å²) in [5, 5.41) is 14.4. The number of benzene rings is 2. The fourth-order valence-corrected chi connectivity index (χ4v) is 2.95. The molecule has 2 aromatic rings. The Morgan fingerprint density at radius 2 is 1.96 bits per heavy atom. The number of aliphatic hydroxyl groups excluding tert-OH is 1. The predicted octanol–water partition coefficient (Wildman–Crippen LogP) is 4.05. The van der Waals surface area contributed by atoms with Gasteiger partial charge < -0.3 is 5.11 Å². The second-order valence-electron chi connectivity index (χ2n) is 5.45. The van der Waals surface area contributed by atoms with Gasteiger partial charge in [0, 0.05) is 21.2 Å². The van der Waals surface area contributed by atoms with E-state index in [0.717, 1.165) is 11.1 Å². The van der Waals surface area contributed by atoms with E-state index >= 15 is 0 Å². The number of aliphatic hydroxyl groups is 1. The van der Waals surface area contributed by atoms with Crippen molar-refractivity contribution < 1.29 is 5.11 Å². The zero-order valence-electron chi connectivity index (χ0n) is 13.6.